The minimum Gasteiger partial charge on any atom is -0.497 e. The zero-order valence-electron chi connectivity index (χ0n) is 9.77. The molecule has 1 amide bonds. The third-order valence-corrected chi connectivity index (χ3v) is 2.19. The number of carbonyl (C=O) groups is 1. The fourth-order valence-electron chi connectivity index (χ4n) is 1.23. The van der Waals surface area contributed by atoms with Gasteiger partial charge in [0.2, 0.25) is 0 Å². The van der Waals surface area contributed by atoms with Gasteiger partial charge in [-0.05, 0) is 12.1 Å². The fraction of sp³-hybridized carbons (Fsp3) is 0.364. The number of ether oxygens (including phenoxy) is 2. The molecule has 0 fully saturated rings. The van der Waals surface area contributed by atoms with Gasteiger partial charge in [-0.1, -0.05) is 0 Å². The second kappa shape index (κ2) is 6.07. The van der Waals surface area contributed by atoms with E-state index in [1.165, 1.54) is 14.2 Å². The summed E-state index contributed by atoms with van der Waals surface area (Å²) in [6, 6.07) is 4.96. The SMILES string of the molecule is COc1ccc(OC)c(NC(=O)C(O)CN)c1. The summed E-state index contributed by atoms with van der Waals surface area (Å²) < 4.78 is 10.1. The lowest BCUT2D eigenvalue weighted by Gasteiger charge is -2.13. The summed E-state index contributed by atoms with van der Waals surface area (Å²) in [6.45, 7) is -0.141. The van der Waals surface area contributed by atoms with Crippen molar-refractivity contribution in [2.75, 3.05) is 26.1 Å². The van der Waals surface area contributed by atoms with E-state index in [0.29, 0.717) is 17.2 Å². The van der Waals surface area contributed by atoms with E-state index in [2.05, 4.69) is 5.32 Å². The molecular weight excluding hydrogens is 224 g/mol. The molecule has 0 saturated carbocycles. The summed E-state index contributed by atoms with van der Waals surface area (Å²) in [7, 11) is 3.00. The number of nitrogens with two attached hydrogens (primary N) is 1. The Balaban J connectivity index is 2.91. The van der Waals surface area contributed by atoms with Gasteiger partial charge in [-0.2, -0.15) is 0 Å². The van der Waals surface area contributed by atoms with E-state index in [0.717, 1.165) is 0 Å². The number of anilines is 1. The highest BCUT2D eigenvalue weighted by molar-refractivity contribution is 5.95. The molecule has 6 nitrogen and oxygen atoms in total. The summed E-state index contributed by atoms with van der Waals surface area (Å²) in [5.74, 6) is 0.464. The van der Waals surface area contributed by atoms with E-state index in [1.807, 2.05) is 0 Å². The van der Waals surface area contributed by atoms with Crippen molar-refractivity contribution < 1.29 is 19.4 Å². The smallest absolute Gasteiger partial charge is 0.254 e. The maximum Gasteiger partial charge on any atom is 0.254 e. The van der Waals surface area contributed by atoms with E-state index in [-0.39, 0.29) is 6.54 Å². The van der Waals surface area contributed by atoms with Crippen molar-refractivity contribution >= 4 is 11.6 Å². The summed E-state index contributed by atoms with van der Waals surface area (Å²) in [6.07, 6.45) is -1.24. The number of aliphatic hydroxyl groups excluding tert-OH is 1. The van der Waals surface area contributed by atoms with Crippen LogP contribution in [0.3, 0.4) is 0 Å². The Hall–Kier alpha value is -1.79. The van der Waals surface area contributed by atoms with Crippen LogP contribution in [0, 0.1) is 0 Å². The number of nitrogens with one attached hydrogen (secondary N) is 1. The molecule has 0 bridgehead atoms. The molecule has 1 aromatic rings. The third-order valence-electron chi connectivity index (χ3n) is 2.19. The third kappa shape index (κ3) is 3.33. The summed E-state index contributed by atoms with van der Waals surface area (Å²) in [4.78, 5) is 11.5. The highest BCUT2D eigenvalue weighted by Gasteiger charge is 2.15. The molecular formula is C11H16N2O4. The molecule has 0 heterocycles. The van der Waals surface area contributed by atoms with E-state index >= 15 is 0 Å². The normalized spacial score (nSPS) is 11.8. The molecule has 0 spiro atoms. The van der Waals surface area contributed by atoms with E-state index < -0.39 is 12.0 Å². The van der Waals surface area contributed by atoms with Crippen LogP contribution in [-0.4, -0.2) is 37.9 Å². The van der Waals surface area contributed by atoms with E-state index in [1.54, 1.807) is 18.2 Å². The fourth-order valence-corrected chi connectivity index (χ4v) is 1.23. The van der Waals surface area contributed by atoms with Gasteiger partial charge in [-0.25, -0.2) is 0 Å². The number of aliphatic hydroxyl groups is 1. The van der Waals surface area contributed by atoms with Crippen LogP contribution in [0.15, 0.2) is 18.2 Å². The first-order chi connectivity index (χ1) is 8.12. The lowest BCUT2D eigenvalue weighted by atomic mass is 10.2. The predicted molar refractivity (Wildman–Crippen MR) is 63.2 cm³/mol. The molecule has 1 aromatic carbocycles. The Kier molecular flexibility index (Phi) is 4.74. The van der Waals surface area contributed by atoms with Crippen LogP contribution in [0.5, 0.6) is 11.5 Å². The molecule has 1 unspecified atom stereocenters. The molecule has 94 valence electrons. The molecule has 1 atom stereocenters. The Morgan fingerprint density at radius 2 is 2.18 bits per heavy atom. The summed E-state index contributed by atoms with van der Waals surface area (Å²) in [5.41, 5.74) is 5.61. The van der Waals surface area contributed by atoms with Gasteiger partial charge in [0.05, 0.1) is 19.9 Å². The van der Waals surface area contributed by atoms with Gasteiger partial charge < -0.3 is 25.6 Å². The van der Waals surface area contributed by atoms with E-state index in [4.69, 9.17) is 15.2 Å². The average Bonchev–Trinajstić information content (AvgIpc) is 2.37. The van der Waals surface area contributed by atoms with Crippen molar-refractivity contribution in [1.82, 2.24) is 0 Å². The van der Waals surface area contributed by atoms with Crippen molar-refractivity contribution in [3.05, 3.63) is 18.2 Å². The van der Waals surface area contributed by atoms with Crippen molar-refractivity contribution in [2.45, 2.75) is 6.10 Å². The van der Waals surface area contributed by atoms with Gasteiger partial charge in [0, 0.05) is 12.6 Å². The molecule has 0 saturated heterocycles. The molecule has 0 aromatic heterocycles. The Morgan fingerprint density at radius 3 is 2.71 bits per heavy atom. The highest BCUT2D eigenvalue weighted by Crippen LogP contribution is 2.28. The zero-order valence-corrected chi connectivity index (χ0v) is 9.77. The first kappa shape index (κ1) is 13.3. The molecule has 0 aliphatic rings. The predicted octanol–water partition coefficient (Wildman–Crippen LogP) is -0.0381. The first-order valence-corrected chi connectivity index (χ1v) is 5.03. The second-order valence-corrected chi connectivity index (χ2v) is 3.31. The lowest BCUT2D eigenvalue weighted by Crippen LogP contribution is -2.34. The number of hydrogen-bond acceptors (Lipinski definition) is 5. The zero-order chi connectivity index (χ0) is 12.8. The van der Waals surface area contributed by atoms with Crippen LogP contribution in [0.2, 0.25) is 0 Å². The number of amides is 1. The van der Waals surface area contributed by atoms with Crippen LogP contribution in [0.1, 0.15) is 0 Å². The number of carbonyl (C=O) groups excluding carboxylic acids is 1. The van der Waals surface area contributed by atoms with Crippen LogP contribution in [0.4, 0.5) is 5.69 Å². The number of methoxy groups -OCH3 is 2. The monoisotopic (exact) mass is 240 g/mol. The van der Waals surface area contributed by atoms with Gasteiger partial charge >= 0.3 is 0 Å². The lowest BCUT2D eigenvalue weighted by molar-refractivity contribution is -0.123. The second-order valence-electron chi connectivity index (χ2n) is 3.31. The maximum absolute atomic E-state index is 11.5. The molecule has 6 heteroatoms. The molecule has 0 radical (unpaired) electrons. The van der Waals surface area contributed by atoms with Crippen molar-refractivity contribution in [2.24, 2.45) is 5.73 Å². The van der Waals surface area contributed by atoms with Crippen LogP contribution in [-0.2, 0) is 4.79 Å². The molecule has 4 N–H and O–H groups in total. The molecule has 17 heavy (non-hydrogen) atoms. The van der Waals surface area contributed by atoms with Crippen molar-refractivity contribution in [1.29, 1.82) is 0 Å². The van der Waals surface area contributed by atoms with Crippen LogP contribution in [0.25, 0.3) is 0 Å². The largest absolute Gasteiger partial charge is 0.497 e. The Morgan fingerprint density at radius 1 is 1.47 bits per heavy atom. The number of benzene rings is 1. The summed E-state index contributed by atoms with van der Waals surface area (Å²) >= 11 is 0. The average molecular weight is 240 g/mol. The Bertz CT molecular complexity index is 395. The number of rotatable bonds is 5. The molecule has 1 rings (SSSR count). The van der Waals surface area contributed by atoms with Gasteiger partial charge in [-0.3, -0.25) is 4.79 Å². The highest BCUT2D eigenvalue weighted by atomic mass is 16.5. The van der Waals surface area contributed by atoms with Gasteiger partial charge in [0.15, 0.2) is 0 Å². The molecule has 0 aliphatic carbocycles. The standard InChI is InChI=1S/C11H16N2O4/c1-16-7-3-4-10(17-2)8(5-7)13-11(15)9(14)6-12/h3-5,9,14H,6,12H2,1-2H3,(H,13,15). The van der Waals surface area contributed by atoms with Gasteiger partial charge in [0.25, 0.3) is 5.91 Å². The van der Waals surface area contributed by atoms with Crippen molar-refractivity contribution in [3.63, 3.8) is 0 Å². The topological polar surface area (TPSA) is 93.8 Å². The molecule has 0 aliphatic heterocycles. The van der Waals surface area contributed by atoms with Gasteiger partial charge in [0.1, 0.15) is 17.6 Å². The minimum atomic E-state index is -1.24. The first-order valence-electron chi connectivity index (χ1n) is 5.03. The van der Waals surface area contributed by atoms with Crippen molar-refractivity contribution in [3.8, 4) is 11.5 Å². The van der Waals surface area contributed by atoms with Crippen LogP contribution < -0.4 is 20.5 Å². The Labute approximate surface area is 99.3 Å². The van der Waals surface area contributed by atoms with Gasteiger partial charge in [-0.15, -0.1) is 0 Å². The minimum absolute atomic E-state index is 0.141. The number of hydrogen-bond donors (Lipinski definition) is 3. The maximum atomic E-state index is 11.5. The van der Waals surface area contributed by atoms with Crippen LogP contribution >= 0.6 is 0 Å². The summed E-state index contributed by atoms with van der Waals surface area (Å²) in [5, 5.41) is 11.8. The van der Waals surface area contributed by atoms with E-state index in [9.17, 15) is 9.90 Å². The quantitative estimate of drug-likeness (QED) is 0.671.